The van der Waals surface area contributed by atoms with E-state index in [1.54, 1.807) is 7.11 Å². The molecule has 0 spiro atoms. The summed E-state index contributed by atoms with van der Waals surface area (Å²) in [6.45, 7) is 2.05. The predicted molar refractivity (Wildman–Crippen MR) is 84.5 cm³/mol. The highest BCUT2D eigenvalue weighted by Crippen LogP contribution is 2.33. The van der Waals surface area contributed by atoms with Gasteiger partial charge in [-0.2, -0.15) is 0 Å². The molecule has 1 saturated heterocycles. The number of phenols is 1. The number of aromatic hydroxyl groups is 1. The molecule has 1 fully saturated rings. The number of hydrogen-bond donors (Lipinski definition) is 1. The normalized spacial score (nSPS) is 15.6. The molecule has 1 aliphatic rings. The topological polar surface area (TPSA) is 32.7 Å². The molecule has 1 aromatic rings. The monoisotopic (exact) mass is 377 g/mol. The molecule has 1 N–H and O–H groups in total. The van der Waals surface area contributed by atoms with E-state index in [1.165, 1.54) is 19.3 Å². The van der Waals surface area contributed by atoms with Crippen molar-refractivity contribution in [3.8, 4) is 11.5 Å². The summed E-state index contributed by atoms with van der Waals surface area (Å²) in [4.78, 5) is 3.09. The lowest BCUT2D eigenvalue weighted by molar-refractivity contribution is 0.347. The van der Waals surface area contributed by atoms with Crippen LogP contribution in [0.1, 0.15) is 24.8 Å². The fraction of sp³-hybridized carbons (Fsp3) is 0.462. The van der Waals surface area contributed by atoms with Gasteiger partial charge in [-0.3, -0.25) is 0 Å². The van der Waals surface area contributed by atoms with E-state index in [1.807, 2.05) is 12.1 Å². The summed E-state index contributed by atoms with van der Waals surface area (Å²) in [5, 5.41) is 9.82. The number of thiocarbonyl (C=S) groups is 1. The Kier molecular flexibility index (Phi) is 4.66. The Morgan fingerprint density at radius 3 is 2.61 bits per heavy atom. The second-order valence-corrected chi connectivity index (χ2v) is 5.91. The zero-order valence-electron chi connectivity index (χ0n) is 10.3. The second-order valence-electron chi connectivity index (χ2n) is 4.36. The minimum Gasteiger partial charge on any atom is -0.504 e. The summed E-state index contributed by atoms with van der Waals surface area (Å²) >= 11 is 7.63. The highest BCUT2D eigenvalue weighted by molar-refractivity contribution is 14.1. The van der Waals surface area contributed by atoms with E-state index in [-0.39, 0.29) is 5.75 Å². The molecule has 0 bridgehead atoms. The van der Waals surface area contributed by atoms with Gasteiger partial charge in [-0.15, -0.1) is 0 Å². The molecule has 0 unspecified atom stereocenters. The molecule has 98 valence electrons. The molecule has 1 aliphatic heterocycles. The van der Waals surface area contributed by atoms with Crippen LogP contribution in [0.5, 0.6) is 11.5 Å². The van der Waals surface area contributed by atoms with E-state index in [4.69, 9.17) is 17.0 Å². The number of hydrogen-bond acceptors (Lipinski definition) is 3. The molecule has 0 amide bonds. The van der Waals surface area contributed by atoms with Gasteiger partial charge in [0.25, 0.3) is 0 Å². The van der Waals surface area contributed by atoms with Crippen molar-refractivity contribution in [1.29, 1.82) is 0 Å². The van der Waals surface area contributed by atoms with Crippen LogP contribution in [0, 0.1) is 3.57 Å². The maximum atomic E-state index is 9.82. The molecule has 18 heavy (non-hydrogen) atoms. The standard InChI is InChI=1S/C13H16INO2S/c1-17-11-8-9(7-10(14)12(11)16)13(18)15-5-3-2-4-6-15/h7-8,16H,2-6H2,1H3. The lowest BCUT2D eigenvalue weighted by Gasteiger charge is -2.29. The van der Waals surface area contributed by atoms with Gasteiger partial charge in [0.05, 0.1) is 10.7 Å². The molecule has 2 rings (SSSR count). The van der Waals surface area contributed by atoms with Gasteiger partial charge in [0.15, 0.2) is 11.5 Å². The van der Waals surface area contributed by atoms with Crippen molar-refractivity contribution in [3.63, 3.8) is 0 Å². The number of nitrogens with zero attached hydrogens (tertiary/aromatic N) is 1. The zero-order valence-corrected chi connectivity index (χ0v) is 13.3. The van der Waals surface area contributed by atoms with Crippen molar-refractivity contribution < 1.29 is 9.84 Å². The summed E-state index contributed by atoms with van der Waals surface area (Å²) in [7, 11) is 1.55. The first-order chi connectivity index (χ1) is 8.63. The first kappa shape index (κ1) is 13.9. The van der Waals surface area contributed by atoms with E-state index < -0.39 is 0 Å². The fourth-order valence-corrected chi connectivity index (χ4v) is 3.03. The van der Waals surface area contributed by atoms with Crippen LogP contribution in [0.15, 0.2) is 12.1 Å². The number of rotatable bonds is 2. The van der Waals surface area contributed by atoms with E-state index in [0.29, 0.717) is 5.75 Å². The quantitative estimate of drug-likeness (QED) is 0.634. The Balaban J connectivity index is 2.27. The van der Waals surface area contributed by atoms with Gasteiger partial charge in [-0.25, -0.2) is 0 Å². The molecule has 0 saturated carbocycles. The third-order valence-electron chi connectivity index (χ3n) is 3.14. The van der Waals surface area contributed by atoms with Gasteiger partial charge in [0.2, 0.25) is 0 Å². The summed E-state index contributed by atoms with van der Waals surface area (Å²) in [5.74, 6) is 0.666. The predicted octanol–water partition coefficient (Wildman–Crippen LogP) is 3.17. The first-order valence-corrected chi connectivity index (χ1v) is 7.48. The molecule has 0 aromatic heterocycles. The maximum Gasteiger partial charge on any atom is 0.171 e. The number of likely N-dealkylation sites (tertiary alicyclic amines) is 1. The molecule has 0 aliphatic carbocycles. The summed E-state index contributed by atoms with van der Waals surface area (Å²) in [5.41, 5.74) is 0.950. The molecule has 0 radical (unpaired) electrons. The molecule has 0 atom stereocenters. The Bertz CT molecular complexity index is 459. The number of ether oxygens (including phenoxy) is 1. The number of piperidine rings is 1. The average Bonchev–Trinajstić information content (AvgIpc) is 2.42. The van der Waals surface area contributed by atoms with Gasteiger partial charge >= 0.3 is 0 Å². The average molecular weight is 377 g/mol. The van der Waals surface area contributed by atoms with Crippen LogP contribution in [0.2, 0.25) is 0 Å². The number of phenolic OH excluding ortho intramolecular Hbond substituents is 1. The zero-order chi connectivity index (χ0) is 13.1. The Hall–Kier alpha value is -0.560. The lowest BCUT2D eigenvalue weighted by Crippen LogP contribution is -2.34. The maximum absolute atomic E-state index is 9.82. The van der Waals surface area contributed by atoms with Crippen molar-refractivity contribution in [2.45, 2.75) is 19.3 Å². The number of benzene rings is 1. The fourth-order valence-electron chi connectivity index (χ4n) is 2.13. The highest BCUT2D eigenvalue weighted by atomic mass is 127. The summed E-state index contributed by atoms with van der Waals surface area (Å²) < 4.78 is 5.94. The third-order valence-corrected chi connectivity index (χ3v) is 4.45. The highest BCUT2D eigenvalue weighted by Gasteiger charge is 2.17. The van der Waals surface area contributed by atoms with Crippen molar-refractivity contribution in [2.24, 2.45) is 0 Å². The van der Waals surface area contributed by atoms with Gasteiger partial charge in [0.1, 0.15) is 4.99 Å². The van der Waals surface area contributed by atoms with Crippen LogP contribution in [0.25, 0.3) is 0 Å². The molecule has 1 aromatic carbocycles. The van der Waals surface area contributed by atoms with Gasteiger partial charge in [-0.05, 0) is 54.0 Å². The van der Waals surface area contributed by atoms with Crippen LogP contribution in [-0.4, -0.2) is 35.2 Å². The van der Waals surface area contributed by atoms with Gasteiger partial charge in [-0.1, -0.05) is 12.2 Å². The minimum absolute atomic E-state index is 0.184. The van der Waals surface area contributed by atoms with Crippen molar-refractivity contribution in [2.75, 3.05) is 20.2 Å². The number of methoxy groups -OCH3 is 1. The van der Waals surface area contributed by atoms with Crippen LogP contribution in [0.4, 0.5) is 0 Å². The SMILES string of the molecule is COc1cc(C(=S)N2CCCCC2)cc(I)c1O. The van der Waals surface area contributed by atoms with Crippen LogP contribution >= 0.6 is 34.8 Å². The van der Waals surface area contributed by atoms with Crippen LogP contribution in [-0.2, 0) is 0 Å². The summed E-state index contributed by atoms with van der Waals surface area (Å²) in [6, 6.07) is 3.73. The van der Waals surface area contributed by atoms with E-state index in [9.17, 15) is 5.11 Å². The van der Waals surface area contributed by atoms with Crippen molar-refractivity contribution >= 4 is 39.8 Å². The van der Waals surface area contributed by atoms with E-state index in [0.717, 1.165) is 27.2 Å². The molecule has 1 heterocycles. The van der Waals surface area contributed by atoms with Crippen LogP contribution < -0.4 is 4.74 Å². The Labute approximate surface area is 126 Å². The second kappa shape index (κ2) is 6.06. The summed E-state index contributed by atoms with van der Waals surface area (Å²) in [6.07, 6.45) is 3.69. The van der Waals surface area contributed by atoms with Crippen molar-refractivity contribution in [3.05, 3.63) is 21.3 Å². The Morgan fingerprint density at radius 2 is 2.00 bits per heavy atom. The number of halogens is 1. The minimum atomic E-state index is 0.184. The van der Waals surface area contributed by atoms with Gasteiger partial charge in [0, 0.05) is 18.7 Å². The molecular formula is C13H16INO2S. The van der Waals surface area contributed by atoms with Gasteiger partial charge < -0.3 is 14.7 Å². The lowest BCUT2D eigenvalue weighted by atomic mass is 10.1. The molecular weight excluding hydrogens is 361 g/mol. The van der Waals surface area contributed by atoms with Crippen LogP contribution in [0.3, 0.4) is 0 Å². The van der Waals surface area contributed by atoms with E-state index >= 15 is 0 Å². The first-order valence-electron chi connectivity index (χ1n) is 5.99. The third kappa shape index (κ3) is 2.88. The van der Waals surface area contributed by atoms with E-state index in [2.05, 4.69) is 27.5 Å². The molecule has 5 heteroatoms. The van der Waals surface area contributed by atoms with Crippen molar-refractivity contribution in [1.82, 2.24) is 4.90 Å². The smallest absolute Gasteiger partial charge is 0.171 e. The molecule has 3 nitrogen and oxygen atoms in total. The Morgan fingerprint density at radius 1 is 1.33 bits per heavy atom. The largest absolute Gasteiger partial charge is 0.504 e.